The van der Waals surface area contributed by atoms with Crippen molar-refractivity contribution in [2.75, 3.05) is 12.4 Å². The van der Waals surface area contributed by atoms with Gasteiger partial charge in [0.25, 0.3) is 5.91 Å². The van der Waals surface area contributed by atoms with Crippen molar-refractivity contribution in [3.05, 3.63) is 23.8 Å². The number of carbonyl (C=O) groups is 1. The molecular formula is C18H24N2O3. The van der Waals surface area contributed by atoms with Gasteiger partial charge in [0, 0.05) is 13.2 Å². The number of hydrogen-bond acceptors (Lipinski definition) is 4. The lowest BCUT2D eigenvalue weighted by molar-refractivity contribution is -0.138. The van der Waals surface area contributed by atoms with Gasteiger partial charge in [-0.15, -0.1) is 0 Å². The Balaban J connectivity index is 2.16. The molecule has 0 saturated heterocycles. The lowest BCUT2D eigenvalue weighted by atomic mass is 9.98. The summed E-state index contributed by atoms with van der Waals surface area (Å²) in [4.78, 5) is 12.5. The fourth-order valence-corrected chi connectivity index (χ4v) is 2.44. The first kappa shape index (κ1) is 17.3. The van der Waals surface area contributed by atoms with Crippen LogP contribution in [0.2, 0.25) is 0 Å². The maximum Gasteiger partial charge on any atom is 0.256 e. The van der Waals surface area contributed by atoms with Crippen LogP contribution in [0.4, 0.5) is 5.69 Å². The Labute approximate surface area is 137 Å². The molecule has 5 heteroatoms. The zero-order valence-electron chi connectivity index (χ0n) is 14.2. The van der Waals surface area contributed by atoms with Crippen LogP contribution in [0.5, 0.6) is 5.75 Å². The normalized spacial score (nSPS) is 17.7. The summed E-state index contributed by atoms with van der Waals surface area (Å²) in [6.45, 7) is 5.81. The highest BCUT2D eigenvalue weighted by Gasteiger charge is 2.47. The summed E-state index contributed by atoms with van der Waals surface area (Å²) in [5, 5.41) is 12.2. The van der Waals surface area contributed by atoms with Gasteiger partial charge in [-0.1, -0.05) is 6.92 Å². The molecule has 124 valence electrons. The summed E-state index contributed by atoms with van der Waals surface area (Å²) in [5.74, 6) is 0.659. The first-order valence-electron chi connectivity index (χ1n) is 8.02. The van der Waals surface area contributed by atoms with E-state index in [1.165, 1.54) is 0 Å². The van der Waals surface area contributed by atoms with Crippen molar-refractivity contribution in [2.45, 2.75) is 51.7 Å². The Morgan fingerprint density at radius 1 is 1.52 bits per heavy atom. The molecule has 2 atom stereocenters. The van der Waals surface area contributed by atoms with Crippen molar-refractivity contribution in [2.24, 2.45) is 5.92 Å². The predicted molar refractivity (Wildman–Crippen MR) is 88.3 cm³/mol. The van der Waals surface area contributed by atoms with E-state index in [-0.39, 0.29) is 17.9 Å². The molecule has 1 aliphatic carbocycles. The van der Waals surface area contributed by atoms with Crippen LogP contribution in [-0.2, 0) is 9.53 Å². The molecule has 2 rings (SSSR count). The number of anilines is 1. The van der Waals surface area contributed by atoms with Gasteiger partial charge in [-0.3, -0.25) is 4.79 Å². The first-order chi connectivity index (χ1) is 10.9. The van der Waals surface area contributed by atoms with Crippen LogP contribution in [-0.4, -0.2) is 24.7 Å². The average Bonchev–Trinajstić information content (AvgIpc) is 3.40. The van der Waals surface area contributed by atoms with Gasteiger partial charge in [0.1, 0.15) is 17.4 Å². The van der Waals surface area contributed by atoms with Crippen molar-refractivity contribution in [3.8, 4) is 11.8 Å². The zero-order chi connectivity index (χ0) is 17.0. The second-order valence-corrected chi connectivity index (χ2v) is 6.20. The molecule has 1 aliphatic rings. The Hall–Kier alpha value is -2.06. The Bertz CT molecular complexity index is 619. The Morgan fingerprint density at radius 2 is 2.22 bits per heavy atom. The molecule has 0 spiro atoms. The van der Waals surface area contributed by atoms with Gasteiger partial charge >= 0.3 is 0 Å². The number of amides is 1. The highest BCUT2D eigenvalue weighted by atomic mass is 16.5. The number of nitrogens with zero attached hydrogens (tertiary/aromatic N) is 1. The number of nitriles is 1. The molecule has 1 amide bonds. The lowest BCUT2D eigenvalue weighted by Crippen LogP contribution is -2.44. The molecule has 0 bridgehead atoms. The zero-order valence-corrected chi connectivity index (χ0v) is 14.2. The Morgan fingerprint density at radius 3 is 2.74 bits per heavy atom. The molecule has 0 unspecified atom stereocenters. The van der Waals surface area contributed by atoms with Gasteiger partial charge in [0.15, 0.2) is 0 Å². The monoisotopic (exact) mass is 316 g/mol. The number of hydrogen-bond donors (Lipinski definition) is 1. The van der Waals surface area contributed by atoms with Gasteiger partial charge in [-0.05, 0) is 51.2 Å². The topological polar surface area (TPSA) is 71.3 Å². The molecule has 1 saturated carbocycles. The van der Waals surface area contributed by atoms with Crippen LogP contribution in [0.25, 0.3) is 0 Å². The number of benzene rings is 1. The molecule has 23 heavy (non-hydrogen) atoms. The van der Waals surface area contributed by atoms with Crippen LogP contribution in [0.1, 0.15) is 45.6 Å². The van der Waals surface area contributed by atoms with E-state index in [0.717, 1.165) is 19.3 Å². The highest BCUT2D eigenvalue weighted by Crippen LogP contribution is 2.42. The number of nitrogens with one attached hydrogen (secondary N) is 1. The summed E-state index contributed by atoms with van der Waals surface area (Å²) >= 11 is 0. The highest BCUT2D eigenvalue weighted by molar-refractivity contribution is 5.98. The molecule has 0 aromatic heterocycles. The summed E-state index contributed by atoms with van der Waals surface area (Å²) in [6.07, 6.45) is 2.94. The minimum atomic E-state index is -0.849. The van der Waals surface area contributed by atoms with Crippen molar-refractivity contribution >= 4 is 11.6 Å². The third-order valence-corrected chi connectivity index (χ3v) is 4.50. The van der Waals surface area contributed by atoms with Gasteiger partial charge in [-0.25, -0.2) is 0 Å². The van der Waals surface area contributed by atoms with Crippen LogP contribution < -0.4 is 10.1 Å². The maximum absolute atomic E-state index is 12.5. The third-order valence-electron chi connectivity index (χ3n) is 4.50. The molecule has 0 radical (unpaired) electrons. The minimum Gasteiger partial charge on any atom is -0.491 e. The van der Waals surface area contributed by atoms with Crippen LogP contribution in [0, 0.1) is 17.2 Å². The van der Waals surface area contributed by atoms with E-state index in [9.17, 15) is 10.1 Å². The number of ether oxygens (including phenoxy) is 2. The number of rotatable bonds is 7. The smallest absolute Gasteiger partial charge is 0.256 e. The molecule has 0 aliphatic heterocycles. The molecule has 1 aromatic rings. The van der Waals surface area contributed by atoms with E-state index >= 15 is 0 Å². The van der Waals surface area contributed by atoms with Crippen LogP contribution in [0.15, 0.2) is 18.2 Å². The molecule has 5 nitrogen and oxygen atoms in total. The van der Waals surface area contributed by atoms with Crippen molar-refractivity contribution < 1.29 is 14.3 Å². The van der Waals surface area contributed by atoms with Crippen LogP contribution >= 0.6 is 0 Å². The van der Waals surface area contributed by atoms with Gasteiger partial charge in [0.2, 0.25) is 0 Å². The summed E-state index contributed by atoms with van der Waals surface area (Å²) in [5.41, 5.74) is 0.0184. The number of carbonyl (C=O) groups excluding carboxylic acids is 1. The summed E-state index contributed by atoms with van der Waals surface area (Å²) in [6, 6.07) is 7.24. The van der Waals surface area contributed by atoms with E-state index in [2.05, 4.69) is 11.4 Å². The van der Waals surface area contributed by atoms with Crippen molar-refractivity contribution in [1.29, 1.82) is 5.26 Å². The SMILES string of the molecule is CC[C@H](C)Oc1ccc(NC(=O)[C@@](C)(OC)C2CC2)c(C#N)c1. The standard InChI is InChI=1S/C18H24N2O3/c1-5-12(2)23-15-8-9-16(13(10-15)11-19)20-17(21)18(3,22-4)14-6-7-14/h8-10,12,14H,5-7H2,1-4H3,(H,20,21)/t12-,18-/m0/s1. The van der Waals surface area contributed by atoms with E-state index in [1.54, 1.807) is 32.2 Å². The van der Waals surface area contributed by atoms with E-state index < -0.39 is 5.60 Å². The van der Waals surface area contributed by atoms with Gasteiger partial charge in [-0.2, -0.15) is 5.26 Å². The third kappa shape index (κ3) is 3.83. The predicted octanol–water partition coefficient (Wildman–Crippen LogP) is 3.49. The first-order valence-corrected chi connectivity index (χ1v) is 8.02. The fourth-order valence-electron chi connectivity index (χ4n) is 2.44. The van der Waals surface area contributed by atoms with Crippen molar-refractivity contribution in [3.63, 3.8) is 0 Å². The number of methoxy groups -OCH3 is 1. The molecule has 0 heterocycles. The molecule has 1 aromatic carbocycles. The quantitative estimate of drug-likeness (QED) is 0.836. The van der Waals surface area contributed by atoms with E-state index in [1.807, 2.05) is 13.8 Å². The van der Waals surface area contributed by atoms with Crippen molar-refractivity contribution in [1.82, 2.24) is 0 Å². The second kappa shape index (κ2) is 7.01. The average molecular weight is 316 g/mol. The molecule has 1 N–H and O–H groups in total. The van der Waals surface area contributed by atoms with Gasteiger partial charge in [0.05, 0.1) is 17.4 Å². The lowest BCUT2D eigenvalue weighted by Gasteiger charge is -2.27. The van der Waals surface area contributed by atoms with Gasteiger partial charge < -0.3 is 14.8 Å². The fraction of sp³-hybridized carbons (Fsp3) is 0.556. The second-order valence-electron chi connectivity index (χ2n) is 6.20. The largest absolute Gasteiger partial charge is 0.491 e. The summed E-state index contributed by atoms with van der Waals surface area (Å²) in [7, 11) is 1.55. The minimum absolute atomic E-state index is 0.0774. The van der Waals surface area contributed by atoms with E-state index in [4.69, 9.17) is 9.47 Å². The summed E-state index contributed by atoms with van der Waals surface area (Å²) < 4.78 is 11.2. The maximum atomic E-state index is 12.5. The van der Waals surface area contributed by atoms with Crippen LogP contribution in [0.3, 0.4) is 0 Å². The molecule has 1 fully saturated rings. The van der Waals surface area contributed by atoms with E-state index in [0.29, 0.717) is 17.0 Å². The molecular weight excluding hydrogens is 292 g/mol. The Kier molecular flexibility index (Phi) is 5.27.